The van der Waals surface area contributed by atoms with E-state index in [-0.39, 0.29) is 0 Å². The number of likely N-dealkylation sites (tertiary alicyclic amines) is 1. The van der Waals surface area contributed by atoms with Gasteiger partial charge in [0, 0.05) is 26.1 Å². The van der Waals surface area contributed by atoms with Crippen LogP contribution in [0.2, 0.25) is 16.6 Å². The van der Waals surface area contributed by atoms with Gasteiger partial charge in [-0.05, 0) is 52.7 Å². The van der Waals surface area contributed by atoms with Crippen molar-refractivity contribution < 1.29 is 14.6 Å². The van der Waals surface area contributed by atoms with E-state index >= 15 is 0 Å². The standard InChI is InChI=1S/C29H45NO3Si/c1-22(2)34(23(3)4,24(5)6)33-27-14-12-26(13-15-27)28(31)21-30-18-16-29(32,17-19-30)20-25-10-8-7-9-11-25/h7-15,22-24,28,31-32H,16-21H2,1-6H3. The summed E-state index contributed by atoms with van der Waals surface area (Å²) in [6.07, 6.45) is 1.61. The fourth-order valence-electron chi connectivity index (χ4n) is 5.97. The average molecular weight is 484 g/mol. The van der Waals surface area contributed by atoms with Crippen LogP contribution in [0.3, 0.4) is 0 Å². The molecular weight excluding hydrogens is 438 g/mol. The quantitative estimate of drug-likeness (QED) is 0.387. The number of hydrogen-bond donors (Lipinski definition) is 2. The first-order valence-corrected chi connectivity index (χ1v) is 15.2. The van der Waals surface area contributed by atoms with Gasteiger partial charge in [0.1, 0.15) is 5.75 Å². The van der Waals surface area contributed by atoms with E-state index in [1.54, 1.807) is 0 Å². The lowest BCUT2D eigenvalue weighted by atomic mass is 9.85. The molecule has 188 valence electrons. The molecule has 0 spiro atoms. The highest BCUT2D eigenvalue weighted by atomic mass is 28.4. The average Bonchev–Trinajstić information content (AvgIpc) is 2.79. The lowest BCUT2D eigenvalue weighted by Crippen LogP contribution is -2.50. The first-order valence-electron chi connectivity index (χ1n) is 13.0. The van der Waals surface area contributed by atoms with Crippen molar-refractivity contribution in [3.8, 4) is 5.75 Å². The lowest BCUT2D eigenvalue weighted by molar-refractivity contribution is -0.0295. The number of nitrogens with zero attached hydrogens (tertiary/aromatic N) is 1. The summed E-state index contributed by atoms with van der Waals surface area (Å²) in [6, 6.07) is 18.3. The molecule has 0 aromatic heterocycles. The predicted molar refractivity (Wildman–Crippen MR) is 144 cm³/mol. The van der Waals surface area contributed by atoms with Gasteiger partial charge in [-0.2, -0.15) is 0 Å². The van der Waals surface area contributed by atoms with E-state index in [4.69, 9.17) is 4.43 Å². The molecular formula is C29H45NO3Si. The van der Waals surface area contributed by atoms with Crippen LogP contribution in [0.1, 0.15) is 71.6 Å². The third-order valence-corrected chi connectivity index (χ3v) is 13.9. The van der Waals surface area contributed by atoms with E-state index in [1.807, 2.05) is 42.5 Å². The minimum atomic E-state index is -1.98. The van der Waals surface area contributed by atoms with Gasteiger partial charge in [0.05, 0.1) is 11.7 Å². The molecule has 34 heavy (non-hydrogen) atoms. The highest BCUT2D eigenvalue weighted by Crippen LogP contribution is 2.42. The molecule has 0 bridgehead atoms. The Bertz CT molecular complexity index is 852. The summed E-state index contributed by atoms with van der Waals surface area (Å²) in [4.78, 5) is 2.27. The van der Waals surface area contributed by atoms with E-state index < -0.39 is 20.0 Å². The normalized spacial score (nSPS) is 18.0. The highest BCUT2D eigenvalue weighted by Gasteiger charge is 2.47. The summed E-state index contributed by atoms with van der Waals surface area (Å²) in [5.41, 5.74) is 3.03. The zero-order valence-corrected chi connectivity index (χ0v) is 23.0. The monoisotopic (exact) mass is 483 g/mol. The Morgan fingerprint density at radius 3 is 1.88 bits per heavy atom. The number of benzene rings is 2. The molecule has 4 nitrogen and oxygen atoms in total. The Labute approximate surface area is 208 Å². The summed E-state index contributed by atoms with van der Waals surface area (Å²) in [6.45, 7) is 16.0. The maximum absolute atomic E-state index is 11.0. The van der Waals surface area contributed by atoms with Crippen molar-refractivity contribution in [3.05, 3.63) is 65.7 Å². The highest BCUT2D eigenvalue weighted by molar-refractivity contribution is 6.78. The molecule has 0 saturated carbocycles. The maximum Gasteiger partial charge on any atom is 0.258 e. The Morgan fingerprint density at radius 2 is 1.38 bits per heavy atom. The van der Waals surface area contributed by atoms with Crippen LogP contribution < -0.4 is 4.43 Å². The van der Waals surface area contributed by atoms with Gasteiger partial charge in [-0.1, -0.05) is 84.0 Å². The minimum absolute atomic E-state index is 0.525. The number of piperidine rings is 1. The van der Waals surface area contributed by atoms with Crippen molar-refractivity contribution in [1.82, 2.24) is 4.90 Å². The molecule has 0 aliphatic carbocycles. The van der Waals surface area contributed by atoms with Gasteiger partial charge in [-0.3, -0.25) is 0 Å². The Hall–Kier alpha value is -1.66. The second kappa shape index (κ2) is 11.4. The van der Waals surface area contributed by atoms with Crippen LogP contribution in [0.4, 0.5) is 0 Å². The number of hydrogen-bond acceptors (Lipinski definition) is 4. The third-order valence-electron chi connectivity index (χ3n) is 7.86. The first kappa shape index (κ1) is 26.9. The van der Waals surface area contributed by atoms with Crippen LogP contribution >= 0.6 is 0 Å². The summed E-state index contributed by atoms with van der Waals surface area (Å²) < 4.78 is 6.76. The second-order valence-corrected chi connectivity index (χ2v) is 16.6. The van der Waals surface area contributed by atoms with Gasteiger partial charge in [-0.15, -0.1) is 0 Å². The summed E-state index contributed by atoms with van der Waals surface area (Å²) in [7, 11) is -1.98. The van der Waals surface area contributed by atoms with Gasteiger partial charge in [-0.25, -0.2) is 0 Å². The van der Waals surface area contributed by atoms with E-state index in [0.29, 0.717) is 29.6 Å². The zero-order valence-electron chi connectivity index (χ0n) is 22.0. The van der Waals surface area contributed by atoms with Crippen LogP contribution in [-0.4, -0.2) is 48.7 Å². The van der Waals surface area contributed by atoms with Crippen LogP contribution in [0.15, 0.2) is 54.6 Å². The molecule has 1 atom stereocenters. The molecule has 0 radical (unpaired) electrons. The minimum Gasteiger partial charge on any atom is -0.543 e. The Morgan fingerprint density at radius 1 is 0.853 bits per heavy atom. The van der Waals surface area contributed by atoms with Crippen molar-refractivity contribution >= 4 is 8.32 Å². The Balaban J connectivity index is 1.56. The van der Waals surface area contributed by atoms with Gasteiger partial charge in [0.25, 0.3) is 8.32 Å². The molecule has 2 N–H and O–H groups in total. The van der Waals surface area contributed by atoms with Crippen LogP contribution in [0, 0.1) is 0 Å². The molecule has 1 aliphatic heterocycles. The van der Waals surface area contributed by atoms with Crippen molar-refractivity contribution in [1.29, 1.82) is 0 Å². The van der Waals surface area contributed by atoms with E-state index in [9.17, 15) is 10.2 Å². The fourth-order valence-corrected chi connectivity index (χ4v) is 11.2. The predicted octanol–water partition coefficient (Wildman–Crippen LogP) is 6.34. The largest absolute Gasteiger partial charge is 0.543 e. The second-order valence-electron chi connectivity index (χ2n) is 11.2. The number of β-amino-alcohol motifs (C(OH)–C–C–N with tert-alkyl or cyclic N) is 1. The SMILES string of the molecule is CC(C)[Si](Oc1ccc(C(O)CN2CCC(O)(Cc3ccccc3)CC2)cc1)(C(C)C)C(C)C. The molecule has 1 saturated heterocycles. The van der Waals surface area contributed by atoms with Crippen molar-refractivity contribution in [3.63, 3.8) is 0 Å². The number of rotatable bonds is 10. The molecule has 3 rings (SSSR count). The van der Waals surface area contributed by atoms with E-state index in [2.05, 4.69) is 58.6 Å². The van der Waals surface area contributed by atoms with Crippen LogP contribution in [0.25, 0.3) is 0 Å². The Kier molecular flexibility index (Phi) is 9.02. The van der Waals surface area contributed by atoms with E-state index in [0.717, 1.165) is 37.2 Å². The molecule has 1 heterocycles. The van der Waals surface area contributed by atoms with Crippen LogP contribution in [0.5, 0.6) is 5.75 Å². The molecule has 5 heteroatoms. The number of aliphatic hydroxyl groups is 2. The van der Waals surface area contributed by atoms with E-state index in [1.165, 1.54) is 5.56 Å². The van der Waals surface area contributed by atoms with Gasteiger partial charge in [0.2, 0.25) is 0 Å². The lowest BCUT2D eigenvalue weighted by Gasteiger charge is -2.42. The molecule has 2 aromatic rings. The molecule has 1 unspecified atom stereocenters. The van der Waals surface area contributed by atoms with Crippen LogP contribution in [-0.2, 0) is 6.42 Å². The molecule has 1 aliphatic rings. The summed E-state index contributed by atoms with van der Waals surface area (Å²) >= 11 is 0. The molecule has 2 aromatic carbocycles. The molecule has 1 fully saturated rings. The maximum atomic E-state index is 11.0. The van der Waals surface area contributed by atoms with Gasteiger partial charge >= 0.3 is 0 Å². The van der Waals surface area contributed by atoms with Gasteiger partial charge in [0.15, 0.2) is 0 Å². The zero-order chi connectivity index (χ0) is 24.9. The van der Waals surface area contributed by atoms with Crippen molar-refractivity contribution in [2.75, 3.05) is 19.6 Å². The third kappa shape index (κ3) is 6.31. The fraction of sp³-hybridized carbons (Fsp3) is 0.586. The molecule has 0 amide bonds. The first-order chi connectivity index (χ1) is 16.1. The smallest absolute Gasteiger partial charge is 0.258 e. The number of aliphatic hydroxyl groups excluding tert-OH is 1. The van der Waals surface area contributed by atoms with Crippen molar-refractivity contribution in [2.45, 2.75) is 89.1 Å². The summed E-state index contributed by atoms with van der Waals surface area (Å²) in [5.74, 6) is 0.919. The topological polar surface area (TPSA) is 52.9 Å². The van der Waals surface area contributed by atoms with Crippen molar-refractivity contribution in [2.24, 2.45) is 0 Å². The van der Waals surface area contributed by atoms with Gasteiger partial charge < -0.3 is 19.5 Å². The summed E-state index contributed by atoms with van der Waals surface area (Å²) in [5, 5.41) is 21.9.